The van der Waals surface area contributed by atoms with Crippen LogP contribution in [0.2, 0.25) is 0 Å². The molecule has 3 aromatic rings. The lowest BCUT2D eigenvalue weighted by atomic mass is 10.2. The summed E-state index contributed by atoms with van der Waals surface area (Å²) in [6.45, 7) is 0. The molecule has 8 heteroatoms. The zero-order valence-corrected chi connectivity index (χ0v) is 11.5. The Morgan fingerprint density at radius 2 is 1.85 bits per heavy atom. The standard InChI is InChI=1S/C12H7BrN4O3/c13-7-3-1-2-4-8(7)14-9-5-6-10(17(18)19)12-11(9)15-20-16-12/h1-6,14H. The molecule has 1 aromatic heterocycles. The molecule has 3 rings (SSSR count). The number of nitro benzene ring substituents is 1. The van der Waals surface area contributed by atoms with Crippen LogP contribution in [0.5, 0.6) is 0 Å². The Morgan fingerprint density at radius 3 is 2.60 bits per heavy atom. The number of para-hydroxylation sites is 1. The number of non-ortho nitro benzene ring substituents is 1. The summed E-state index contributed by atoms with van der Waals surface area (Å²) in [7, 11) is 0. The maximum Gasteiger partial charge on any atom is 0.300 e. The van der Waals surface area contributed by atoms with E-state index in [1.54, 1.807) is 6.07 Å². The molecule has 0 aliphatic rings. The molecule has 0 saturated carbocycles. The molecular formula is C12H7BrN4O3. The van der Waals surface area contributed by atoms with Gasteiger partial charge in [-0.1, -0.05) is 12.1 Å². The van der Waals surface area contributed by atoms with E-state index in [9.17, 15) is 10.1 Å². The van der Waals surface area contributed by atoms with Gasteiger partial charge in [0, 0.05) is 10.5 Å². The smallest absolute Gasteiger partial charge is 0.300 e. The molecule has 100 valence electrons. The van der Waals surface area contributed by atoms with Gasteiger partial charge >= 0.3 is 5.69 Å². The van der Waals surface area contributed by atoms with Gasteiger partial charge in [0.1, 0.15) is 0 Å². The zero-order chi connectivity index (χ0) is 14.1. The van der Waals surface area contributed by atoms with Crippen molar-refractivity contribution in [1.29, 1.82) is 0 Å². The molecule has 0 unspecified atom stereocenters. The molecule has 0 bridgehead atoms. The molecule has 0 saturated heterocycles. The molecule has 0 spiro atoms. The van der Waals surface area contributed by atoms with Crippen LogP contribution >= 0.6 is 15.9 Å². The lowest BCUT2D eigenvalue weighted by Gasteiger charge is -2.08. The Hall–Kier alpha value is -2.48. The highest BCUT2D eigenvalue weighted by molar-refractivity contribution is 9.10. The molecule has 1 heterocycles. The third-order valence-corrected chi connectivity index (χ3v) is 3.43. The average Bonchev–Trinajstić information content (AvgIpc) is 2.90. The van der Waals surface area contributed by atoms with Crippen LogP contribution in [0, 0.1) is 10.1 Å². The van der Waals surface area contributed by atoms with E-state index in [0.29, 0.717) is 11.2 Å². The monoisotopic (exact) mass is 334 g/mol. The summed E-state index contributed by atoms with van der Waals surface area (Å²) in [5, 5.41) is 21.3. The van der Waals surface area contributed by atoms with Gasteiger partial charge in [-0.25, -0.2) is 4.63 Å². The SMILES string of the molecule is O=[N+]([O-])c1ccc(Nc2ccccc2Br)c2nonc12. The first-order valence-corrected chi connectivity index (χ1v) is 6.37. The normalized spacial score (nSPS) is 10.7. The highest BCUT2D eigenvalue weighted by atomic mass is 79.9. The maximum atomic E-state index is 10.9. The summed E-state index contributed by atoms with van der Waals surface area (Å²) in [6, 6.07) is 10.4. The second-order valence-corrected chi connectivity index (χ2v) is 4.81. The number of nitrogens with one attached hydrogen (secondary N) is 1. The van der Waals surface area contributed by atoms with Gasteiger partial charge in [-0.15, -0.1) is 0 Å². The summed E-state index contributed by atoms with van der Waals surface area (Å²) >= 11 is 3.42. The number of benzene rings is 2. The van der Waals surface area contributed by atoms with E-state index in [0.717, 1.165) is 10.2 Å². The van der Waals surface area contributed by atoms with Crippen LogP contribution in [0.25, 0.3) is 11.0 Å². The number of hydrogen-bond acceptors (Lipinski definition) is 6. The van der Waals surface area contributed by atoms with Crippen molar-refractivity contribution in [1.82, 2.24) is 10.3 Å². The fraction of sp³-hybridized carbons (Fsp3) is 0. The summed E-state index contributed by atoms with van der Waals surface area (Å²) in [5.41, 5.74) is 1.69. The van der Waals surface area contributed by atoms with Gasteiger partial charge in [-0.05, 0) is 44.4 Å². The van der Waals surface area contributed by atoms with Gasteiger partial charge in [-0.3, -0.25) is 10.1 Å². The lowest BCUT2D eigenvalue weighted by Crippen LogP contribution is -1.95. The Balaban J connectivity index is 2.10. The summed E-state index contributed by atoms with van der Waals surface area (Å²) in [5.74, 6) is 0. The van der Waals surface area contributed by atoms with E-state index in [2.05, 4.69) is 36.2 Å². The third-order valence-electron chi connectivity index (χ3n) is 2.73. The van der Waals surface area contributed by atoms with Gasteiger partial charge in [-0.2, -0.15) is 0 Å². The largest absolute Gasteiger partial charge is 0.353 e. The van der Waals surface area contributed by atoms with Crippen LogP contribution in [-0.2, 0) is 0 Å². The number of fused-ring (bicyclic) bond motifs is 1. The van der Waals surface area contributed by atoms with E-state index in [-0.39, 0.29) is 11.2 Å². The molecule has 0 amide bonds. The van der Waals surface area contributed by atoms with Gasteiger partial charge in [0.15, 0.2) is 5.52 Å². The minimum atomic E-state index is -0.519. The molecule has 0 aliphatic heterocycles. The van der Waals surface area contributed by atoms with Crippen molar-refractivity contribution < 1.29 is 9.55 Å². The third kappa shape index (κ3) is 2.10. The molecule has 1 N–H and O–H groups in total. The summed E-state index contributed by atoms with van der Waals surface area (Å²) < 4.78 is 5.47. The highest BCUT2D eigenvalue weighted by Gasteiger charge is 2.19. The van der Waals surface area contributed by atoms with Crippen molar-refractivity contribution in [3.63, 3.8) is 0 Å². The Labute approximate surface area is 120 Å². The average molecular weight is 335 g/mol. The molecule has 0 radical (unpaired) electrons. The fourth-order valence-corrected chi connectivity index (χ4v) is 2.19. The van der Waals surface area contributed by atoms with E-state index in [1.165, 1.54) is 6.07 Å². The van der Waals surface area contributed by atoms with Gasteiger partial charge in [0.25, 0.3) is 0 Å². The predicted molar refractivity (Wildman–Crippen MR) is 75.9 cm³/mol. The first-order chi connectivity index (χ1) is 9.66. The summed E-state index contributed by atoms with van der Waals surface area (Å²) in [4.78, 5) is 10.4. The van der Waals surface area contributed by atoms with Gasteiger partial charge in [0.05, 0.1) is 16.3 Å². The number of halogens is 1. The number of aromatic nitrogens is 2. The zero-order valence-electron chi connectivity index (χ0n) is 9.91. The van der Waals surface area contributed by atoms with E-state index >= 15 is 0 Å². The summed E-state index contributed by atoms with van der Waals surface area (Å²) in [6.07, 6.45) is 0. The van der Waals surface area contributed by atoms with Crippen molar-refractivity contribution in [2.45, 2.75) is 0 Å². The fourth-order valence-electron chi connectivity index (χ4n) is 1.81. The van der Waals surface area contributed by atoms with Crippen LogP contribution in [-0.4, -0.2) is 15.2 Å². The van der Waals surface area contributed by atoms with Crippen LogP contribution < -0.4 is 5.32 Å². The van der Waals surface area contributed by atoms with Crippen LogP contribution in [0.3, 0.4) is 0 Å². The van der Waals surface area contributed by atoms with Gasteiger partial charge in [0.2, 0.25) is 5.52 Å². The molecule has 0 aliphatic carbocycles. The second kappa shape index (κ2) is 4.89. The Bertz CT molecular complexity index is 802. The number of nitrogens with zero attached hydrogens (tertiary/aromatic N) is 3. The lowest BCUT2D eigenvalue weighted by molar-refractivity contribution is -0.383. The van der Waals surface area contributed by atoms with Crippen molar-refractivity contribution >= 4 is 44.0 Å². The van der Waals surface area contributed by atoms with E-state index < -0.39 is 4.92 Å². The minimum Gasteiger partial charge on any atom is -0.353 e. The topological polar surface area (TPSA) is 94.1 Å². The molecule has 7 nitrogen and oxygen atoms in total. The minimum absolute atomic E-state index is 0.118. The van der Waals surface area contributed by atoms with Gasteiger partial charge < -0.3 is 5.32 Å². The van der Waals surface area contributed by atoms with Crippen LogP contribution in [0.15, 0.2) is 45.5 Å². The first kappa shape index (κ1) is 12.5. The molecule has 2 aromatic carbocycles. The maximum absolute atomic E-state index is 10.9. The second-order valence-electron chi connectivity index (χ2n) is 3.96. The Morgan fingerprint density at radius 1 is 1.10 bits per heavy atom. The van der Waals surface area contributed by atoms with Crippen molar-refractivity contribution in [3.8, 4) is 0 Å². The van der Waals surface area contributed by atoms with Crippen molar-refractivity contribution in [2.75, 3.05) is 5.32 Å². The van der Waals surface area contributed by atoms with Crippen LogP contribution in [0.4, 0.5) is 17.1 Å². The van der Waals surface area contributed by atoms with Crippen molar-refractivity contribution in [2.24, 2.45) is 0 Å². The van der Waals surface area contributed by atoms with Crippen LogP contribution in [0.1, 0.15) is 0 Å². The van der Waals surface area contributed by atoms with Crippen molar-refractivity contribution in [3.05, 3.63) is 51.0 Å². The predicted octanol–water partition coefficient (Wildman–Crippen LogP) is 3.64. The molecule has 0 fully saturated rings. The first-order valence-electron chi connectivity index (χ1n) is 5.58. The number of hydrogen-bond donors (Lipinski definition) is 1. The number of nitro groups is 1. The molecule has 20 heavy (non-hydrogen) atoms. The molecule has 0 atom stereocenters. The van der Waals surface area contributed by atoms with E-state index in [1.807, 2.05) is 24.3 Å². The quantitative estimate of drug-likeness (QED) is 0.580. The number of anilines is 2. The molecular weight excluding hydrogens is 328 g/mol. The number of rotatable bonds is 3. The highest BCUT2D eigenvalue weighted by Crippen LogP contribution is 2.32. The Kier molecular flexibility index (Phi) is 3.07. The van der Waals surface area contributed by atoms with E-state index in [4.69, 9.17) is 0 Å².